The Morgan fingerprint density at radius 2 is 1.88 bits per heavy atom. The minimum Gasteiger partial charge on any atom is -0.321 e. The molecule has 1 saturated carbocycles. The Kier molecular flexibility index (Phi) is 3.75. The molecule has 25 heavy (non-hydrogen) atoms. The third-order valence-electron chi connectivity index (χ3n) is 5.05. The van der Waals surface area contributed by atoms with Gasteiger partial charge in [-0.15, -0.1) is 0 Å². The second-order valence-electron chi connectivity index (χ2n) is 6.94. The molecule has 2 atom stereocenters. The highest BCUT2D eigenvalue weighted by Gasteiger charge is 2.40. The van der Waals surface area contributed by atoms with E-state index in [-0.39, 0.29) is 17.6 Å². The second kappa shape index (κ2) is 5.96. The molecule has 126 valence electrons. The van der Waals surface area contributed by atoms with Crippen LogP contribution in [-0.4, -0.2) is 17.5 Å². The molecule has 1 aliphatic carbocycles. The zero-order chi connectivity index (χ0) is 17.6. The third kappa shape index (κ3) is 2.88. The number of ketones is 1. The number of carbonyl (C=O) groups is 2. The SMILES string of the molecule is CC(=O)c1cccc(N2Cc3ccccc3C2=NC(=O)[C@H]2C[C@@H]2C)c1. The van der Waals surface area contributed by atoms with Crippen molar-refractivity contribution in [3.8, 4) is 0 Å². The zero-order valence-electron chi connectivity index (χ0n) is 14.4. The summed E-state index contributed by atoms with van der Waals surface area (Å²) in [5, 5.41) is 0. The summed E-state index contributed by atoms with van der Waals surface area (Å²) in [6.07, 6.45) is 0.928. The van der Waals surface area contributed by atoms with Crippen LogP contribution in [0.25, 0.3) is 0 Å². The highest BCUT2D eigenvalue weighted by Crippen LogP contribution is 2.39. The lowest BCUT2D eigenvalue weighted by atomic mass is 10.1. The minimum absolute atomic E-state index is 0.0277. The van der Waals surface area contributed by atoms with Crippen molar-refractivity contribution in [3.63, 3.8) is 0 Å². The maximum absolute atomic E-state index is 12.5. The summed E-state index contributed by atoms with van der Waals surface area (Å²) in [7, 11) is 0. The van der Waals surface area contributed by atoms with Gasteiger partial charge in [-0.1, -0.05) is 43.3 Å². The van der Waals surface area contributed by atoms with Gasteiger partial charge in [0.05, 0.1) is 6.54 Å². The van der Waals surface area contributed by atoms with Crippen molar-refractivity contribution in [1.82, 2.24) is 0 Å². The van der Waals surface area contributed by atoms with Gasteiger partial charge in [-0.05, 0) is 37.0 Å². The Balaban J connectivity index is 1.76. The molecule has 0 N–H and O–H groups in total. The van der Waals surface area contributed by atoms with Crippen molar-refractivity contribution in [3.05, 3.63) is 65.2 Å². The van der Waals surface area contributed by atoms with Gasteiger partial charge in [0.25, 0.3) is 5.91 Å². The summed E-state index contributed by atoms with van der Waals surface area (Å²) in [6.45, 7) is 4.30. The number of aliphatic imine (C=N–C) groups is 1. The number of fused-ring (bicyclic) bond motifs is 1. The molecular formula is C21H20N2O2. The fourth-order valence-electron chi connectivity index (χ4n) is 3.35. The van der Waals surface area contributed by atoms with Crippen molar-refractivity contribution in [2.75, 3.05) is 4.90 Å². The first-order chi connectivity index (χ1) is 12.0. The van der Waals surface area contributed by atoms with Crippen molar-refractivity contribution < 1.29 is 9.59 Å². The van der Waals surface area contributed by atoms with E-state index in [1.165, 1.54) is 0 Å². The van der Waals surface area contributed by atoms with Gasteiger partial charge in [0, 0.05) is 22.7 Å². The Hall–Kier alpha value is -2.75. The topological polar surface area (TPSA) is 49.7 Å². The zero-order valence-corrected chi connectivity index (χ0v) is 14.4. The van der Waals surface area contributed by atoms with Crippen molar-refractivity contribution >= 4 is 23.2 Å². The molecule has 1 aliphatic heterocycles. The van der Waals surface area contributed by atoms with Gasteiger partial charge < -0.3 is 4.90 Å². The lowest BCUT2D eigenvalue weighted by Gasteiger charge is -2.19. The van der Waals surface area contributed by atoms with Crippen molar-refractivity contribution in [2.24, 2.45) is 16.8 Å². The first-order valence-electron chi connectivity index (χ1n) is 8.64. The number of nitrogens with zero attached hydrogens (tertiary/aromatic N) is 2. The van der Waals surface area contributed by atoms with E-state index in [0.717, 1.165) is 23.2 Å². The summed E-state index contributed by atoms with van der Waals surface area (Å²) in [5.41, 5.74) is 3.69. The fraction of sp³-hybridized carbons (Fsp3) is 0.286. The standard InChI is InChI=1S/C21H20N2O2/c1-13-10-19(13)21(25)22-20-18-9-4-3-6-16(18)12-23(20)17-8-5-7-15(11-17)14(2)24/h3-9,11,13,19H,10,12H2,1-2H3/t13-,19-/m0/s1. The second-order valence-corrected chi connectivity index (χ2v) is 6.94. The van der Waals surface area contributed by atoms with E-state index in [0.29, 0.717) is 23.9 Å². The van der Waals surface area contributed by atoms with Crippen LogP contribution in [0.4, 0.5) is 5.69 Å². The van der Waals surface area contributed by atoms with Crippen LogP contribution in [0.1, 0.15) is 41.8 Å². The third-order valence-corrected chi connectivity index (χ3v) is 5.05. The minimum atomic E-state index is -0.0353. The molecule has 4 nitrogen and oxygen atoms in total. The smallest absolute Gasteiger partial charge is 0.251 e. The molecule has 0 bridgehead atoms. The number of hydrogen-bond donors (Lipinski definition) is 0. The average Bonchev–Trinajstić information content (AvgIpc) is 3.24. The van der Waals surface area contributed by atoms with E-state index in [2.05, 4.69) is 18.0 Å². The summed E-state index contributed by atoms with van der Waals surface area (Å²) in [4.78, 5) is 30.7. The number of anilines is 1. The van der Waals surface area contributed by atoms with Crippen LogP contribution >= 0.6 is 0 Å². The molecule has 0 radical (unpaired) electrons. The molecule has 1 amide bonds. The van der Waals surface area contributed by atoms with Gasteiger partial charge in [0.2, 0.25) is 0 Å². The highest BCUT2D eigenvalue weighted by atomic mass is 16.1. The van der Waals surface area contributed by atoms with Gasteiger partial charge >= 0.3 is 0 Å². The molecule has 1 heterocycles. The molecule has 4 rings (SSSR count). The van der Waals surface area contributed by atoms with Crippen LogP contribution in [0.5, 0.6) is 0 Å². The molecule has 2 aromatic rings. The Morgan fingerprint density at radius 3 is 2.60 bits per heavy atom. The molecule has 4 heteroatoms. The quantitative estimate of drug-likeness (QED) is 0.803. The molecule has 0 spiro atoms. The number of carbonyl (C=O) groups excluding carboxylic acids is 2. The van der Waals surface area contributed by atoms with Crippen LogP contribution in [0.2, 0.25) is 0 Å². The van der Waals surface area contributed by atoms with Crippen LogP contribution in [0.3, 0.4) is 0 Å². The van der Waals surface area contributed by atoms with Crippen LogP contribution in [0.15, 0.2) is 53.5 Å². The Labute approximate surface area is 147 Å². The summed E-state index contributed by atoms with van der Waals surface area (Å²) < 4.78 is 0. The maximum Gasteiger partial charge on any atom is 0.251 e. The lowest BCUT2D eigenvalue weighted by Crippen LogP contribution is -2.25. The Morgan fingerprint density at radius 1 is 1.12 bits per heavy atom. The number of hydrogen-bond acceptors (Lipinski definition) is 2. The number of Topliss-reactive ketones (excluding diaryl/α,β-unsaturated/α-hetero) is 1. The molecular weight excluding hydrogens is 312 g/mol. The van der Waals surface area contributed by atoms with Crippen LogP contribution in [-0.2, 0) is 11.3 Å². The molecule has 1 fully saturated rings. The molecule has 2 aromatic carbocycles. The van der Waals surface area contributed by atoms with E-state index in [1.54, 1.807) is 6.92 Å². The van der Waals surface area contributed by atoms with Gasteiger partial charge in [-0.25, -0.2) is 0 Å². The predicted molar refractivity (Wildman–Crippen MR) is 97.9 cm³/mol. The molecule has 2 aliphatic rings. The van der Waals surface area contributed by atoms with E-state index < -0.39 is 0 Å². The highest BCUT2D eigenvalue weighted by molar-refractivity contribution is 6.17. The first-order valence-corrected chi connectivity index (χ1v) is 8.64. The Bertz CT molecular complexity index is 900. The largest absolute Gasteiger partial charge is 0.321 e. The number of amides is 1. The van der Waals surface area contributed by atoms with Gasteiger partial charge in [0.1, 0.15) is 5.84 Å². The van der Waals surface area contributed by atoms with Gasteiger partial charge in [-0.2, -0.15) is 4.99 Å². The van der Waals surface area contributed by atoms with Crippen molar-refractivity contribution in [2.45, 2.75) is 26.8 Å². The van der Waals surface area contributed by atoms with Crippen LogP contribution < -0.4 is 4.90 Å². The number of rotatable bonds is 3. The first kappa shape index (κ1) is 15.8. The average molecular weight is 332 g/mol. The summed E-state index contributed by atoms with van der Waals surface area (Å²) in [6, 6.07) is 15.5. The maximum atomic E-state index is 12.5. The van der Waals surface area contributed by atoms with E-state index in [1.807, 2.05) is 47.4 Å². The molecule has 0 unspecified atom stereocenters. The molecule has 0 saturated heterocycles. The van der Waals surface area contributed by atoms with Gasteiger partial charge in [0.15, 0.2) is 5.78 Å². The van der Waals surface area contributed by atoms with Crippen LogP contribution in [0, 0.1) is 11.8 Å². The fourth-order valence-corrected chi connectivity index (χ4v) is 3.35. The summed E-state index contributed by atoms with van der Waals surface area (Å²) >= 11 is 0. The summed E-state index contributed by atoms with van der Waals surface area (Å²) in [5.74, 6) is 1.18. The number of amidine groups is 1. The van der Waals surface area contributed by atoms with Crippen molar-refractivity contribution in [1.29, 1.82) is 0 Å². The van der Waals surface area contributed by atoms with E-state index >= 15 is 0 Å². The molecule has 0 aromatic heterocycles. The normalized spacial score (nSPS) is 22.8. The van der Waals surface area contributed by atoms with E-state index in [9.17, 15) is 9.59 Å². The number of benzene rings is 2. The monoisotopic (exact) mass is 332 g/mol. The lowest BCUT2D eigenvalue weighted by molar-refractivity contribution is -0.119. The van der Waals surface area contributed by atoms with Gasteiger partial charge in [-0.3, -0.25) is 9.59 Å². The predicted octanol–water partition coefficient (Wildman–Crippen LogP) is 3.84. The van der Waals surface area contributed by atoms with E-state index in [4.69, 9.17) is 0 Å².